The molecular formula is C19H19N5O4S. The smallest absolute Gasteiger partial charge is 0.301 e. The second-order valence-corrected chi connectivity index (χ2v) is 8.28. The zero-order valence-corrected chi connectivity index (χ0v) is 16.2. The van der Waals surface area contributed by atoms with Crippen LogP contribution in [0.25, 0.3) is 10.9 Å². The van der Waals surface area contributed by atoms with Gasteiger partial charge < -0.3 is 9.80 Å². The van der Waals surface area contributed by atoms with Crippen LogP contribution in [-0.2, 0) is 10.0 Å². The van der Waals surface area contributed by atoms with Crippen LogP contribution in [0.5, 0.6) is 0 Å². The van der Waals surface area contributed by atoms with Crippen molar-refractivity contribution in [2.45, 2.75) is 4.90 Å². The van der Waals surface area contributed by atoms with Gasteiger partial charge in [0.1, 0.15) is 10.6 Å². The molecule has 1 aromatic heterocycles. The minimum atomic E-state index is -3.84. The maximum atomic E-state index is 11.9. The summed E-state index contributed by atoms with van der Waals surface area (Å²) in [6.07, 6.45) is 1.60. The van der Waals surface area contributed by atoms with Crippen LogP contribution in [0.2, 0.25) is 0 Å². The fourth-order valence-corrected chi connectivity index (χ4v) is 4.48. The number of pyridine rings is 1. The van der Waals surface area contributed by atoms with Crippen LogP contribution in [0.1, 0.15) is 0 Å². The molecule has 3 aromatic rings. The first-order valence-electron chi connectivity index (χ1n) is 9.00. The van der Waals surface area contributed by atoms with Gasteiger partial charge in [-0.1, -0.05) is 12.1 Å². The third-order valence-corrected chi connectivity index (χ3v) is 6.01. The lowest BCUT2D eigenvalue weighted by Gasteiger charge is -2.37. The van der Waals surface area contributed by atoms with Crippen molar-refractivity contribution in [1.29, 1.82) is 0 Å². The molecule has 0 amide bonds. The largest absolute Gasteiger partial charge is 0.367 e. The molecule has 0 unspecified atom stereocenters. The summed E-state index contributed by atoms with van der Waals surface area (Å²) in [6.45, 7) is 2.03. The van der Waals surface area contributed by atoms with Crippen molar-refractivity contribution in [1.82, 2.24) is 4.98 Å². The van der Waals surface area contributed by atoms with Crippen LogP contribution in [0.3, 0.4) is 0 Å². The van der Waals surface area contributed by atoms with Gasteiger partial charge in [0.05, 0.1) is 21.5 Å². The molecule has 4 rings (SSSR count). The standard InChI is InChI=1S/C19H19N5O4S/c20-29(27,28)18-6-2-1-5-16(18)22-10-12-23(13-11-22)17-8-7-15-14(4-3-9-21-15)19(17)24(25)26/h1-9H,10-13H2,(H2,20,27,28). The number of nitrogens with two attached hydrogens (primary N) is 1. The number of sulfonamides is 1. The molecule has 1 aliphatic rings. The molecule has 1 saturated heterocycles. The summed E-state index contributed by atoms with van der Waals surface area (Å²) in [5.41, 5.74) is 1.69. The first-order valence-corrected chi connectivity index (χ1v) is 10.5. The van der Waals surface area contributed by atoms with Crippen LogP contribution < -0.4 is 14.9 Å². The topological polar surface area (TPSA) is 123 Å². The van der Waals surface area contributed by atoms with Crippen LogP contribution in [0.4, 0.5) is 17.1 Å². The van der Waals surface area contributed by atoms with Crippen molar-refractivity contribution in [3.8, 4) is 0 Å². The summed E-state index contributed by atoms with van der Waals surface area (Å²) in [7, 11) is -3.84. The average Bonchev–Trinajstić information content (AvgIpc) is 2.72. The van der Waals surface area contributed by atoms with Gasteiger partial charge in [0.25, 0.3) is 0 Å². The number of para-hydroxylation sites is 1. The van der Waals surface area contributed by atoms with E-state index in [1.165, 1.54) is 6.07 Å². The van der Waals surface area contributed by atoms with Crippen LogP contribution in [0, 0.1) is 10.1 Å². The van der Waals surface area contributed by atoms with E-state index in [1.807, 2.05) is 9.80 Å². The number of piperazine rings is 1. The van der Waals surface area contributed by atoms with Gasteiger partial charge in [0, 0.05) is 32.4 Å². The Labute approximate surface area is 167 Å². The number of aromatic nitrogens is 1. The Kier molecular flexibility index (Phi) is 4.81. The number of benzene rings is 2. The van der Waals surface area contributed by atoms with E-state index in [4.69, 9.17) is 5.14 Å². The molecule has 1 aliphatic heterocycles. The van der Waals surface area contributed by atoms with E-state index >= 15 is 0 Å². The van der Waals surface area contributed by atoms with E-state index in [2.05, 4.69) is 4.98 Å². The number of nitrogens with zero attached hydrogens (tertiary/aromatic N) is 4. The van der Waals surface area contributed by atoms with Gasteiger partial charge in [-0.3, -0.25) is 15.1 Å². The Balaban J connectivity index is 1.63. The zero-order valence-electron chi connectivity index (χ0n) is 15.4. The molecule has 2 aromatic carbocycles. The first-order chi connectivity index (χ1) is 13.9. The molecule has 0 spiro atoms. The van der Waals surface area contributed by atoms with Crippen molar-refractivity contribution in [3.63, 3.8) is 0 Å². The molecule has 150 valence electrons. The Morgan fingerprint density at radius 1 is 0.931 bits per heavy atom. The molecule has 0 saturated carbocycles. The highest BCUT2D eigenvalue weighted by molar-refractivity contribution is 7.89. The van der Waals surface area contributed by atoms with Crippen LogP contribution >= 0.6 is 0 Å². The molecule has 9 nitrogen and oxygen atoms in total. The highest BCUT2D eigenvalue weighted by Gasteiger charge is 2.27. The normalized spacial score (nSPS) is 14.9. The maximum Gasteiger partial charge on any atom is 0.301 e. The minimum absolute atomic E-state index is 0.0361. The third kappa shape index (κ3) is 3.59. The molecular weight excluding hydrogens is 394 g/mol. The van der Waals surface area contributed by atoms with E-state index in [9.17, 15) is 18.5 Å². The van der Waals surface area contributed by atoms with E-state index in [0.29, 0.717) is 48.5 Å². The van der Waals surface area contributed by atoms with Gasteiger partial charge in [-0.25, -0.2) is 13.6 Å². The van der Waals surface area contributed by atoms with Gasteiger partial charge in [0.15, 0.2) is 0 Å². The zero-order chi connectivity index (χ0) is 20.6. The second-order valence-electron chi connectivity index (χ2n) is 6.75. The van der Waals surface area contributed by atoms with Crippen LogP contribution in [0.15, 0.2) is 59.6 Å². The van der Waals surface area contributed by atoms with Crippen molar-refractivity contribution in [2.24, 2.45) is 5.14 Å². The van der Waals surface area contributed by atoms with Crippen LogP contribution in [-0.4, -0.2) is 44.5 Å². The molecule has 0 aliphatic carbocycles. The number of hydrogen-bond acceptors (Lipinski definition) is 7. The molecule has 2 heterocycles. The van der Waals surface area contributed by atoms with Gasteiger partial charge in [-0.2, -0.15) is 0 Å². The molecule has 10 heteroatoms. The highest BCUT2D eigenvalue weighted by Crippen LogP contribution is 2.36. The Hall–Kier alpha value is -3.24. The Morgan fingerprint density at radius 3 is 2.24 bits per heavy atom. The molecule has 1 fully saturated rings. The predicted molar refractivity (Wildman–Crippen MR) is 111 cm³/mol. The number of fused-ring (bicyclic) bond motifs is 1. The highest BCUT2D eigenvalue weighted by atomic mass is 32.2. The predicted octanol–water partition coefficient (Wildman–Crippen LogP) is 2.12. The van der Waals surface area contributed by atoms with Gasteiger partial charge >= 0.3 is 5.69 Å². The van der Waals surface area contributed by atoms with Crippen molar-refractivity contribution < 1.29 is 13.3 Å². The Bertz CT molecular complexity index is 1190. The summed E-state index contributed by atoms with van der Waals surface area (Å²) in [4.78, 5) is 19.6. The SMILES string of the molecule is NS(=O)(=O)c1ccccc1N1CCN(c2ccc3ncccc3c2[N+](=O)[O-])CC1. The fraction of sp³-hybridized carbons (Fsp3) is 0.211. The Morgan fingerprint density at radius 2 is 1.59 bits per heavy atom. The van der Waals surface area contributed by atoms with Gasteiger partial charge in [0.2, 0.25) is 10.0 Å². The molecule has 2 N–H and O–H groups in total. The van der Waals surface area contributed by atoms with Gasteiger partial charge in [-0.15, -0.1) is 0 Å². The van der Waals surface area contributed by atoms with E-state index in [0.717, 1.165) is 0 Å². The molecule has 0 bridgehead atoms. The van der Waals surface area contributed by atoms with Gasteiger partial charge in [-0.05, 0) is 36.4 Å². The minimum Gasteiger partial charge on any atom is -0.367 e. The lowest BCUT2D eigenvalue weighted by Crippen LogP contribution is -2.47. The summed E-state index contributed by atoms with van der Waals surface area (Å²) in [5.74, 6) is 0. The number of rotatable bonds is 4. The third-order valence-electron chi connectivity index (χ3n) is 5.05. The number of hydrogen-bond donors (Lipinski definition) is 1. The molecule has 0 radical (unpaired) electrons. The quantitative estimate of drug-likeness (QED) is 0.513. The monoisotopic (exact) mass is 413 g/mol. The van der Waals surface area contributed by atoms with Crippen molar-refractivity contribution in [2.75, 3.05) is 36.0 Å². The molecule has 0 atom stereocenters. The maximum absolute atomic E-state index is 11.9. The fourth-order valence-electron chi connectivity index (χ4n) is 3.72. The van der Waals surface area contributed by atoms with E-state index in [-0.39, 0.29) is 15.5 Å². The summed E-state index contributed by atoms with van der Waals surface area (Å²) >= 11 is 0. The number of primary sulfonamides is 1. The van der Waals surface area contributed by atoms with E-state index in [1.54, 1.807) is 48.7 Å². The summed E-state index contributed by atoms with van der Waals surface area (Å²) < 4.78 is 23.8. The number of anilines is 2. The first kappa shape index (κ1) is 19.1. The number of nitro benzene ring substituents is 1. The summed E-state index contributed by atoms with van der Waals surface area (Å²) in [5, 5.41) is 17.6. The second kappa shape index (κ2) is 7.30. The average molecular weight is 413 g/mol. The van der Waals surface area contributed by atoms with E-state index < -0.39 is 10.0 Å². The molecule has 29 heavy (non-hydrogen) atoms. The number of nitro groups is 1. The lowest BCUT2D eigenvalue weighted by atomic mass is 10.1. The van der Waals surface area contributed by atoms with Crippen molar-refractivity contribution in [3.05, 3.63) is 64.8 Å². The van der Waals surface area contributed by atoms with Crippen molar-refractivity contribution >= 4 is 38.0 Å². The summed E-state index contributed by atoms with van der Waals surface area (Å²) in [6, 6.07) is 13.5. The lowest BCUT2D eigenvalue weighted by molar-refractivity contribution is -0.382.